The fraction of sp³-hybridized carbons (Fsp3) is 0.200. The number of hydrogen-bond donors (Lipinski definition) is 2. The second kappa shape index (κ2) is 8.73. The van der Waals surface area contributed by atoms with Crippen molar-refractivity contribution in [3.63, 3.8) is 0 Å². The summed E-state index contributed by atoms with van der Waals surface area (Å²) in [6, 6.07) is 12.3. The molecule has 1 saturated heterocycles. The maximum absolute atomic E-state index is 11.8. The van der Waals surface area contributed by atoms with Crippen LogP contribution in [-0.4, -0.2) is 47.1 Å². The molecule has 0 saturated carbocycles. The van der Waals surface area contributed by atoms with Gasteiger partial charge in [-0.2, -0.15) is 4.98 Å². The first-order chi connectivity index (χ1) is 14.5. The topological polar surface area (TPSA) is 92.3 Å². The third-order valence-corrected chi connectivity index (χ3v) is 5.10. The zero-order chi connectivity index (χ0) is 21.1. The molecule has 0 unspecified atom stereocenters. The lowest BCUT2D eigenvalue weighted by molar-refractivity contribution is 0.0963. The molecule has 2 heterocycles. The molecule has 1 aromatic heterocycles. The number of carbonyl (C=O) groups is 1. The van der Waals surface area contributed by atoms with Crippen molar-refractivity contribution in [2.75, 3.05) is 30.4 Å². The van der Waals surface area contributed by atoms with Gasteiger partial charge in [0.05, 0.1) is 23.1 Å². The van der Waals surface area contributed by atoms with Crippen LogP contribution in [0.3, 0.4) is 0 Å². The number of para-hydroxylation sites is 1. The van der Waals surface area contributed by atoms with E-state index >= 15 is 0 Å². The van der Waals surface area contributed by atoms with Crippen LogP contribution in [0.4, 0.5) is 17.6 Å². The molecule has 3 aromatic rings. The summed E-state index contributed by atoms with van der Waals surface area (Å²) in [5.74, 6) is 1.23. The van der Waals surface area contributed by atoms with E-state index in [0.717, 1.165) is 0 Å². The van der Waals surface area contributed by atoms with Gasteiger partial charge in [-0.15, -0.1) is 0 Å². The molecule has 10 heteroatoms. The van der Waals surface area contributed by atoms with Gasteiger partial charge in [0.25, 0.3) is 5.91 Å². The molecule has 2 aromatic carbocycles. The summed E-state index contributed by atoms with van der Waals surface area (Å²) in [7, 11) is 1.59. The summed E-state index contributed by atoms with van der Waals surface area (Å²) in [4.78, 5) is 26.6. The van der Waals surface area contributed by atoms with Crippen molar-refractivity contribution < 1.29 is 9.53 Å². The Labute approximate surface area is 183 Å². The smallest absolute Gasteiger partial charge is 0.251 e. The second-order valence-corrected chi connectivity index (χ2v) is 7.40. The summed E-state index contributed by atoms with van der Waals surface area (Å²) in [6.45, 7) is 1.19. The van der Waals surface area contributed by atoms with Gasteiger partial charge in [0, 0.05) is 18.3 Å². The molecule has 0 bridgehead atoms. The Hall–Kier alpha value is -3.10. The standard InChI is InChI=1S/C20H18Cl2N6O2/c1-23-18(29)12-4-2-5-13(8-12)26-19-24-11-25-20(27-19)28-9-14(10-28)30-17-15(21)6-3-7-16(17)22/h2-8,11,14H,9-10H2,1H3,(H,23,29)(H,24,25,26,27). The molecule has 0 aliphatic carbocycles. The largest absolute Gasteiger partial charge is 0.484 e. The molecule has 8 nitrogen and oxygen atoms in total. The molecule has 2 N–H and O–H groups in total. The van der Waals surface area contributed by atoms with Gasteiger partial charge < -0.3 is 20.3 Å². The Morgan fingerprint density at radius 2 is 1.87 bits per heavy atom. The van der Waals surface area contributed by atoms with Crippen LogP contribution in [0.25, 0.3) is 0 Å². The van der Waals surface area contributed by atoms with Gasteiger partial charge in [0.1, 0.15) is 12.4 Å². The van der Waals surface area contributed by atoms with E-state index in [0.29, 0.717) is 52.0 Å². The highest BCUT2D eigenvalue weighted by Gasteiger charge is 2.31. The third-order valence-electron chi connectivity index (χ3n) is 4.50. The highest BCUT2D eigenvalue weighted by atomic mass is 35.5. The number of ether oxygens (including phenoxy) is 1. The van der Waals surface area contributed by atoms with E-state index < -0.39 is 0 Å². The summed E-state index contributed by atoms with van der Waals surface area (Å²) in [5.41, 5.74) is 1.24. The minimum atomic E-state index is -0.166. The number of nitrogens with zero attached hydrogens (tertiary/aromatic N) is 4. The molecule has 1 aliphatic heterocycles. The monoisotopic (exact) mass is 444 g/mol. The number of nitrogens with one attached hydrogen (secondary N) is 2. The van der Waals surface area contributed by atoms with Crippen molar-refractivity contribution in [2.45, 2.75) is 6.10 Å². The first kappa shape index (κ1) is 20.2. The van der Waals surface area contributed by atoms with Crippen molar-refractivity contribution in [3.8, 4) is 5.75 Å². The average Bonchev–Trinajstić information content (AvgIpc) is 2.72. The number of benzene rings is 2. The minimum Gasteiger partial charge on any atom is -0.484 e. The fourth-order valence-electron chi connectivity index (χ4n) is 2.95. The first-order valence-corrected chi connectivity index (χ1v) is 9.93. The SMILES string of the molecule is CNC(=O)c1cccc(Nc2ncnc(N3CC(Oc4c(Cl)cccc4Cl)C3)n2)c1. The van der Waals surface area contributed by atoms with Crippen molar-refractivity contribution in [1.29, 1.82) is 0 Å². The van der Waals surface area contributed by atoms with Gasteiger partial charge in [0.15, 0.2) is 5.75 Å². The van der Waals surface area contributed by atoms with Crippen molar-refractivity contribution in [1.82, 2.24) is 20.3 Å². The van der Waals surface area contributed by atoms with E-state index in [1.807, 2.05) is 11.0 Å². The summed E-state index contributed by atoms with van der Waals surface area (Å²) in [5, 5.41) is 6.65. The Bertz CT molecular complexity index is 1050. The summed E-state index contributed by atoms with van der Waals surface area (Å²) >= 11 is 12.3. The van der Waals surface area contributed by atoms with Crippen LogP contribution in [0.2, 0.25) is 10.0 Å². The predicted molar refractivity (Wildman–Crippen MR) is 116 cm³/mol. The van der Waals surface area contributed by atoms with E-state index in [-0.39, 0.29) is 12.0 Å². The number of carbonyl (C=O) groups excluding carboxylic acids is 1. The molecule has 1 aliphatic rings. The molecule has 0 atom stereocenters. The van der Waals surface area contributed by atoms with Crippen molar-refractivity contribution in [3.05, 3.63) is 64.4 Å². The zero-order valence-electron chi connectivity index (χ0n) is 16.0. The van der Waals surface area contributed by atoms with Crippen molar-refractivity contribution in [2.24, 2.45) is 0 Å². The number of anilines is 3. The molecular weight excluding hydrogens is 427 g/mol. The second-order valence-electron chi connectivity index (χ2n) is 6.59. The average molecular weight is 445 g/mol. The molecule has 1 amide bonds. The molecular formula is C20H18Cl2N6O2. The molecule has 0 spiro atoms. The Balaban J connectivity index is 1.40. The van der Waals surface area contributed by atoms with Crippen LogP contribution in [0.15, 0.2) is 48.8 Å². The van der Waals surface area contributed by atoms with Crippen molar-refractivity contribution >= 4 is 46.7 Å². The van der Waals surface area contributed by atoms with Gasteiger partial charge in [0.2, 0.25) is 11.9 Å². The van der Waals surface area contributed by atoms with Crippen LogP contribution in [0.1, 0.15) is 10.4 Å². The molecule has 4 rings (SSSR count). The first-order valence-electron chi connectivity index (χ1n) is 9.17. The number of rotatable bonds is 6. The lowest BCUT2D eigenvalue weighted by Crippen LogP contribution is -2.54. The Kier molecular flexibility index (Phi) is 5.87. The quantitative estimate of drug-likeness (QED) is 0.600. The van der Waals surface area contributed by atoms with Crippen LogP contribution >= 0.6 is 23.2 Å². The lowest BCUT2D eigenvalue weighted by Gasteiger charge is -2.39. The van der Waals surface area contributed by atoms with E-state index in [9.17, 15) is 4.79 Å². The number of amides is 1. The minimum absolute atomic E-state index is 0.0696. The number of hydrogen-bond acceptors (Lipinski definition) is 7. The third kappa shape index (κ3) is 4.39. The maximum atomic E-state index is 11.8. The Morgan fingerprint density at radius 3 is 2.60 bits per heavy atom. The van der Waals surface area contributed by atoms with Crippen LogP contribution in [-0.2, 0) is 0 Å². The predicted octanol–water partition coefficient (Wildman–Crippen LogP) is 3.55. The van der Waals surface area contributed by atoms with Gasteiger partial charge in [-0.25, -0.2) is 9.97 Å². The van der Waals surface area contributed by atoms with E-state index in [4.69, 9.17) is 27.9 Å². The van der Waals surface area contributed by atoms with Crippen LogP contribution < -0.4 is 20.3 Å². The van der Waals surface area contributed by atoms with Gasteiger partial charge in [-0.1, -0.05) is 35.3 Å². The number of halogens is 2. The van der Waals surface area contributed by atoms with Gasteiger partial charge in [-0.05, 0) is 30.3 Å². The van der Waals surface area contributed by atoms with E-state index in [1.54, 1.807) is 43.4 Å². The van der Waals surface area contributed by atoms with Crippen LogP contribution in [0, 0.1) is 0 Å². The van der Waals surface area contributed by atoms with Crippen LogP contribution in [0.5, 0.6) is 5.75 Å². The molecule has 154 valence electrons. The van der Waals surface area contributed by atoms with Gasteiger partial charge in [-0.3, -0.25) is 4.79 Å². The van der Waals surface area contributed by atoms with Gasteiger partial charge >= 0.3 is 0 Å². The van der Waals surface area contributed by atoms with E-state index in [1.165, 1.54) is 6.33 Å². The fourth-order valence-corrected chi connectivity index (χ4v) is 3.44. The summed E-state index contributed by atoms with van der Waals surface area (Å²) < 4.78 is 5.91. The normalized spacial score (nSPS) is 13.5. The molecule has 0 radical (unpaired) electrons. The highest BCUT2D eigenvalue weighted by Crippen LogP contribution is 2.34. The van der Waals surface area contributed by atoms with E-state index in [2.05, 4.69) is 25.6 Å². The maximum Gasteiger partial charge on any atom is 0.251 e. The lowest BCUT2D eigenvalue weighted by atomic mass is 10.2. The number of aromatic nitrogens is 3. The molecule has 30 heavy (non-hydrogen) atoms. The summed E-state index contributed by atoms with van der Waals surface area (Å²) in [6.07, 6.45) is 1.37. The molecule has 1 fully saturated rings. The highest BCUT2D eigenvalue weighted by molar-refractivity contribution is 6.37. The Morgan fingerprint density at radius 1 is 1.13 bits per heavy atom. The zero-order valence-corrected chi connectivity index (χ0v) is 17.5.